The first-order valence-electron chi connectivity index (χ1n) is 0. The van der Waals surface area contributed by atoms with Gasteiger partial charge in [0.25, 0.3) is 0 Å². The smallest absolute Gasteiger partial charge is 2.00 e. The van der Waals surface area contributed by atoms with E-state index >= 15 is 0 Å². The Morgan fingerprint density at radius 1 is 1.00 bits per heavy atom. The van der Waals surface area contributed by atoms with Crippen molar-refractivity contribution in [3.63, 3.8) is 0 Å². The Kier molecular flexibility index (Phi) is 525. The van der Waals surface area contributed by atoms with Crippen molar-refractivity contribution >= 4 is 9.90 Å². The van der Waals surface area contributed by atoms with Crippen molar-refractivity contribution in [2.75, 3.05) is 0 Å². The van der Waals surface area contributed by atoms with Gasteiger partial charge >= 0.3 is 49.4 Å². The molecule has 0 aromatic carbocycles. The summed E-state index contributed by atoms with van der Waals surface area (Å²) in [5.41, 5.74) is 0. The van der Waals surface area contributed by atoms with Crippen LogP contribution in [0, 0.1) is 49.4 Å². The van der Waals surface area contributed by atoms with E-state index in [1.807, 2.05) is 0 Å². The van der Waals surface area contributed by atoms with Crippen molar-refractivity contribution in [2.24, 2.45) is 0 Å². The molecule has 0 radical (unpaired) electrons. The molecule has 0 aliphatic heterocycles. The third-order valence-electron chi connectivity index (χ3n) is 0. The van der Waals surface area contributed by atoms with E-state index in [2.05, 4.69) is 0 Å². The van der Waals surface area contributed by atoms with Gasteiger partial charge in [0.2, 0.25) is 0 Å². The first kappa shape index (κ1) is 66.7. The van der Waals surface area contributed by atoms with Crippen molar-refractivity contribution in [2.45, 2.75) is 0 Å². The van der Waals surface area contributed by atoms with Crippen molar-refractivity contribution < 1.29 is 65.8 Å². The molecule has 0 amide bonds. The van der Waals surface area contributed by atoms with Crippen LogP contribution in [0.15, 0.2) is 0 Å². The molecule has 5 heavy (non-hydrogen) atoms. The van der Waals surface area contributed by atoms with E-state index in [-0.39, 0.29) is 75.7 Å². The number of hydrogen-bond acceptors (Lipinski definition) is 1. The summed E-state index contributed by atoms with van der Waals surface area (Å²) in [6, 6.07) is 0. The SMILES string of the molecule is O.P.[Eu+3].[O-2].[OH-]. The van der Waals surface area contributed by atoms with Crippen LogP contribution < -0.4 is 0 Å². The quantitative estimate of drug-likeness (QED) is 0.493. The van der Waals surface area contributed by atoms with Gasteiger partial charge in [0, 0.05) is 0 Å². The second-order valence-corrected chi connectivity index (χ2v) is 0. The van der Waals surface area contributed by atoms with Crippen molar-refractivity contribution in [3.05, 3.63) is 0 Å². The molecule has 3 N–H and O–H groups in total. The van der Waals surface area contributed by atoms with E-state index in [9.17, 15) is 0 Å². The normalized spacial score (nSPS) is 0. The van der Waals surface area contributed by atoms with Gasteiger partial charge in [-0.3, -0.25) is 0 Å². The zero-order valence-corrected chi connectivity index (χ0v) is 6.28. The van der Waals surface area contributed by atoms with Crippen LogP contribution in [0.1, 0.15) is 0 Å². The Morgan fingerprint density at radius 2 is 1.00 bits per heavy atom. The molecule has 5 heteroatoms. The molecule has 36 valence electrons. The summed E-state index contributed by atoms with van der Waals surface area (Å²) in [6.07, 6.45) is 0. The standard InChI is InChI=1S/Eu.2H2O.O.H3P/h;2*1H2;;1H3/q+3;;;-2;/p-1. The molecular formula is H6EuO3P. The molecule has 0 aromatic rings. The van der Waals surface area contributed by atoms with Crippen LogP contribution in [0.25, 0.3) is 0 Å². The minimum absolute atomic E-state index is 0. The maximum absolute atomic E-state index is 0. The van der Waals surface area contributed by atoms with Crippen LogP contribution in [0.5, 0.6) is 0 Å². The van der Waals surface area contributed by atoms with Crippen LogP contribution >= 0.6 is 9.90 Å². The molecule has 0 rings (SSSR count). The fraction of sp³-hybridized carbons (Fsp3) is 0. The summed E-state index contributed by atoms with van der Waals surface area (Å²) in [7, 11) is 0. The van der Waals surface area contributed by atoms with E-state index in [1.54, 1.807) is 0 Å². The van der Waals surface area contributed by atoms with Gasteiger partial charge in [-0.2, -0.15) is 9.90 Å². The van der Waals surface area contributed by atoms with Crippen LogP contribution in [-0.2, 0) is 5.48 Å². The van der Waals surface area contributed by atoms with Gasteiger partial charge in [-0.25, -0.2) is 0 Å². The summed E-state index contributed by atoms with van der Waals surface area (Å²) < 4.78 is 0. The molecule has 0 heterocycles. The Bertz CT molecular complexity index is 6.85. The maximum Gasteiger partial charge on any atom is 3.00 e. The molecule has 0 saturated carbocycles. The molecule has 0 aliphatic rings. The van der Waals surface area contributed by atoms with Gasteiger partial charge in [-0.1, -0.05) is 0 Å². The molecule has 3 nitrogen and oxygen atoms in total. The van der Waals surface area contributed by atoms with Gasteiger partial charge in [0.15, 0.2) is 0 Å². The Morgan fingerprint density at radius 3 is 1.00 bits per heavy atom. The van der Waals surface area contributed by atoms with E-state index in [0.29, 0.717) is 0 Å². The summed E-state index contributed by atoms with van der Waals surface area (Å²) >= 11 is 0. The molecule has 1 atom stereocenters. The average molecular weight is 237 g/mol. The minimum atomic E-state index is 0. The third kappa shape index (κ3) is 24.9. The van der Waals surface area contributed by atoms with Crippen molar-refractivity contribution in [1.82, 2.24) is 0 Å². The molecule has 0 spiro atoms. The monoisotopic (exact) mass is 238 g/mol. The zero-order chi connectivity index (χ0) is 0. The molecule has 0 fully saturated rings. The fourth-order valence-corrected chi connectivity index (χ4v) is 0. The average Bonchev–Trinajstić information content (AvgIpc) is 0. The molecule has 0 saturated heterocycles. The number of rotatable bonds is 0. The molecule has 0 aliphatic carbocycles. The predicted molar refractivity (Wildman–Crippen MR) is 17.3 cm³/mol. The summed E-state index contributed by atoms with van der Waals surface area (Å²) in [5, 5.41) is 0. The Hall–Kier alpha value is 1.89. The fourth-order valence-electron chi connectivity index (χ4n) is 0. The van der Waals surface area contributed by atoms with Crippen molar-refractivity contribution in [1.29, 1.82) is 0 Å². The van der Waals surface area contributed by atoms with Gasteiger partial charge in [0.1, 0.15) is 0 Å². The van der Waals surface area contributed by atoms with Gasteiger partial charge in [-0.05, 0) is 0 Å². The van der Waals surface area contributed by atoms with Crippen LogP contribution in [0.2, 0.25) is 0 Å². The first-order valence-corrected chi connectivity index (χ1v) is 0. The van der Waals surface area contributed by atoms with Gasteiger partial charge in [-0.15, -0.1) is 0 Å². The third-order valence-corrected chi connectivity index (χ3v) is 0. The largest absolute Gasteiger partial charge is 3.00 e. The van der Waals surface area contributed by atoms with Gasteiger partial charge in [0.05, 0.1) is 0 Å². The molecule has 0 bridgehead atoms. The van der Waals surface area contributed by atoms with Crippen LogP contribution in [-0.4, -0.2) is 11.0 Å². The topological polar surface area (TPSA) is 90.0 Å². The summed E-state index contributed by atoms with van der Waals surface area (Å²) in [4.78, 5) is 0. The molecular weight excluding hydrogens is 231 g/mol. The first-order chi connectivity index (χ1) is 0. The number of hydrogen-bond donors (Lipinski definition) is 0. The van der Waals surface area contributed by atoms with Crippen LogP contribution in [0.4, 0.5) is 0 Å². The van der Waals surface area contributed by atoms with Gasteiger partial charge < -0.3 is 16.4 Å². The van der Waals surface area contributed by atoms with Crippen LogP contribution in [0.3, 0.4) is 0 Å². The van der Waals surface area contributed by atoms with E-state index in [0.717, 1.165) is 0 Å². The van der Waals surface area contributed by atoms with E-state index < -0.39 is 0 Å². The van der Waals surface area contributed by atoms with E-state index in [4.69, 9.17) is 0 Å². The Balaban J connectivity index is 0. The zero-order valence-electron chi connectivity index (χ0n) is 2.44. The van der Waals surface area contributed by atoms with Crippen molar-refractivity contribution in [3.8, 4) is 0 Å². The molecule has 0 aromatic heterocycles. The second-order valence-electron chi connectivity index (χ2n) is 0. The Labute approximate surface area is 74.6 Å². The second kappa shape index (κ2) is 39.3. The summed E-state index contributed by atoms with van der Waals surface area (Å²) in [6.45, 7) is 0. The predicted octanol–water partition coefficient (Wildman–Crippen LogP) is -1.06. The maximum atomic E-state index is 0. The summed E-state index contributed by atoms with van der Waals surface area (Å²) in [5.74, 6) is 0. The minimum Gasteiger partial charge on any atom is -2.00 e. The van der Waals surface area contributed by atoms with E-state index in [1.165, 1.54) is 0 Å². The molecule has 1 unspecified atom stereocenters.